The molecule has 2 aromatic heterocycles. The van der Waals surface area contributed by atoms with E-state index in [1.54, 1.807) is 30.3 Å². The van der Waals surface area contributed by atoms with Gasteiger partial charge < -0.3 is 15.0 Å². The van der Waals surface area contributed by atoms with Gasteiger partial charge in [-0.25, -0.2) is 4.98 Å². The minimum absolute atomic E-state index is 0.0266. The van der Waals surface area contributed by atoms with E-state index in [9.17, 15) is 22.8 Å². The van der Waals surface area contributed by atoms with Crippen molar-refractivity contribution in [1.29, 1.82) is 0 Å². The van der Waals surface area contributed by atoms with Gasteiger partial charge in [-0.2, -0.15) is 13.2 Å². The summed E-state index contributed by atoms with van der Waals surface area (Å²) in [6.07, 6.45) is -0.702. The van der Waals surface area contributed by atoms with Gasteiger partial charge in [0, 0.05) is 37.0 Å². The minimum atomic E-state index is -4.57. The van der Waals surface area contributed by atoms with Crippen molar-refractivity contribution in [3.05, 3.63) is 115 Å². The van der Waals surface area contributed by atoms with Crippen molar-refractivity contribution in [3.63, 3.8) is 0 Å². The summed E-state index contributed by atoms with van der Waals surface area (Å²) in [5, 5.41) is 2.65. The molecule has 186 valence electrons. The summed E-state index contributed by atoms with van der Waals surface area (Å²) in [4.78, 5) is 33.2. The fraction of sp³-hybridized carbons (Fsp3) is 0.160. The van der Waals surface area contributed by atoms with E-state index in [4.69, 9.17) is 16.3 Å². The lowest BCUT2D eigenvalue weighted by atomic mass is 10.1. The van der Waals surface area contributed by atoms with Gasteiger partial charge in [0.05, 0.1) is 10.6 Å². The first-order valence-corrected chi connectivity index (χ1v) is 11.2. The van der Waals surface area contributed by atoms with Gasteiger partial charge in [0.2, 0.25) is 11.5 Å². The number of benzene rings is 2. The molecular weight excluding hydrogens is 497 g/mol. The SMILES string of the molecule is O=c1cc(Cc2cnc(NCCc3ccc(Oc4ccc(Cl)c(C(F)(F)F)c4)cc3)[nH]c2=O)cc[nH]1. The lowest BCUT2D eigenvalue weighted by Gasteiger charge is -2.12. The highest BCUT2D eigenvalue weighted by atomic mass is 35.5. The molecule has 3 N–H and O–H groups in total. The predicted molar refractivity (Wildman–Crippen MR) is 130 cm³/mol. The zero-order chi connectivity index (χ0) is 25.7. The average Bonchev–Trinajstić information content (AvgIpc) is 2.82. The molecule has 0 radical (unpaired) electrons. The topological polar surface area (TPSA) is 99.9 Å². The van der Waals surface area contributed by atoms with E-state index in [2.05, 4.69) is 20.3 Å². The van der Waals surface area contributed by atoms with Crippen LogP contribution in [0.5, 0.6) is 11.5 Å². The standard InChI is InChI=1S/C25H20ClF3N4O3/c26-21-6-5-19(13-20(21)25(27,28)29)36-18-3-1-15(2-4-18)7-10-31-24-32-14-17(23(35)33-24)11-16-8-9-30-22(34)12-16/h1-6,8-9,12-14H,7,10-11H2,(H,30,34)(H2,31,32,33,35). The monoisotopic (exact) mass is 516 g/mol. The molecule has 0 aliphatic carbocycles. The molecule has 0 saturated heterocycles. The number of hydrogen-bond acceptors (Lipinski definition) is 5. The summed E-state index contributed by atoms with van der Waals surface area (Å²) < 4.78 is 44.6. The van der Waals surface area contributed by atoms with Crippen LogP contribution >= 0.6 is 11.6 Å². The van der Waals surface area contributed by atoms with Gasteiger partial charge in [-0.15, -0.1) is 0 Å². The number of alkyl halides is 3. The molecule has 36 heavy (non-hydrogen) atoms. The van der Waals surface area contributed by atoms with Gasteiger partial charge in [0.1, 0.15) is 11.5 Å². The number of pyridine rings is 1. The van der Waals surface area contributed by atoms with Crippen molar-refractivity contribution >= 4 is 17.5 Å². The van der Waals surface area contributed by atoms with E-state index >= 15 is 0 Å². The fourth-order valence-electron chi connectivity index (χ4n) is 3.43. The van der Waals surface area contributed by atoms with Crippen molar-refractivity contribution < 1.29 is 17.9 Å². The molecule has 7 nitrogen and oxygen atoms in total. The van der Waals surface area contributed by atoms with Crippen LogP contribution in [0.3, 0.4) is 0 Å². The Balaban J connectivity index is 1.31. The zero-order valence-electron chi connectivity index (χ0n) is 18.7. The number of aromatic amines is 2. The second-order valence-corrected chi connectivity index (χ2v) is 8.29. The number of hydrogen-bond donors (Lipinski definition) is 3. The van der Waals surface area contributed by atoms with Crippen molar-refractivity contribution in [1.82, 2.24) is 15.0 Å². The quantitative estimate of drug-likeness (QED) is 0.300. The van der Waals surface area contributed by atoms with Crippen LogP contribution in [-0.4, -0.2) is 21.5 Å². The normalized spacial score (nSPS) is 11.3. The maximum Gasteiger partial charge on any atom is 0.417 e. The number of nitrogens with one attached hydrogen (secondary N) is 3. The van der Waals surface area contributed by atoms with Crippen LogP contribution in [0.2, 0.25) is 5.02 Å². The summed E-state index contributed by atoms with van der Waals surface area (Å²) in [6, 6.07) is 13.4. The molecule has 0 amide bonds. The van der Waals surface area contributed by atoms with E-state index in [-0.39, 0.29) is 23.3 Å². The third-order valence-corrected chi connectivity index (χ3v) is 5.55. The van der Waals surface area contributed by atoms with Crippen molar-refractivity contribution in [3.8, 4) is 11.5 Å². The first-order chi connectivity index (χ1) is 17.2. The number of ether oxygens (including phenoxy) is 1. The second-order valence-electron chi connectivity index (χ2n) is 7.89. The molecule has 0 atom stereocenters. The zero-order valence-corrected chi connectivity index (χ0v) is 19.4. The highest BCUT2D eigenvalue weighted by Crippen LogP contribution is 2.37. The first kappa shape index (κ1) is 25.1. The Morgan fingerprint density at radius 3 is 2.42 bits per heavy atom. The van der Waals surface area contributed by atoms with Crippen molar-refractivity contribution in [2.75, 3.05) is 11.9 Å². The van der Waals surface area contributed by atoms with Gasteiger partial charge in [0.25, 0.3) is 5.56 Å². The fourth-order valence-corrected chi connectivity index (χ4v) is 3.65. The Bertz CT molecular complexity index is 1470. The van der Waals surface area contributed by atoms with Gasteiger partial charge in [0.15, 0.2) is 0 Å². The Morgan fingerprint density at radius 2 is 1.72 bits per heavy atom. The molecule has 0 saturated carbocycles. The van der Waals surface area contributed by atoms with Crippen molar-refractivity contribution in [2.24, 2.45) is 0 Å². The molecule has 0 fully saturated rings. The van der Waals surface area contributed by atoms with Crippen LogP contribution in [0.4, 0.5) is 19.1 Å². The summed E-state index contributed by atoms with van der Waals surface area (Å²) in [7, 11) is 0. The molecule has 2 aromatic carbocycles. The maximum atomic E-state index is 13.0. The van der Waals surface area contributed by atoms with Crippen LogP contribution in [0.25, 0.3) is 0 Å². The van der Waals surface area contributed by atoms with Gasteiger partial charge in [-0.05, 0) is 53.9 Å². The summed E-state index contributed by atoms with van der Waals surface area (Å²) in [6.45, 7) is 0.475. The number of rotatable bonds is 8. The van der Waals surface area contributed by atoms with Crippen LogP contribution in [0.1, 0.15) is 22.3 Å². The summed E-state index contributed by atoms with van der Waals surface area (Å²) >= 11 is 5.63. The molecule has 0 aliphatic heterocycles. The van der Waals surface area contributed by atoms with Crippen LogP contribution in [-0.2, 0) is 19.0 Å². The summed E-state index contributed by atoms with van der Waals surface area (Å²) in [5.74, 6) is 0.723. The van der Waals surface area contributed by atoms with Crippen LogP contribution < -0.4 is 21.2 Å². The maximum absolute atomic E-state index is 13.0. The van der Waals surface area contributed by atoms with Gasteiger partial charge >= 0.3 is 6.18 Å². The minimum Gasteiger partial charge on any atom is -0.457 e. The molecule has 0 unspecified atom stereocenters. The summed E-state index contributed by atoms with van der Waals surface area (Å²) in [5.41, 5.74) is 0.580. The second kappa shape index (κ2) is 10.7. The number of aromatic nitrogens is 3. The highest BCUT2D eigenvalue weighted by molar-refractivity contribution is 6.31. The molecule has 2 heterocycles. The first-order valence-electron chi connectivity index (χ1n) is 10.8. The Kier molecular flexibility index (Phi) is 7.44. The van der Waals surface area contributed by atoms with E-state index in [1.807, 2.05) is 0 Å². The Hall–Kier alpha value is -4.05. The van der Waals surface area contributed by atoms with E-state index in [0.29, 0.717) is 35.8 Å². The molecule has 0 bridgehead atoms. The molecule has 0 spiro atoms. The molecule has 0 aliphatic rings. The van der Waals surface area contributed by atoms with E-state index in [1.165, 1.54) is 24.5 Å². The molecule has 4 aromatic rings. The molecular formula is C25H20ClF3N4O3. The smallest absolute Gasteiger partial charge is 0.417 e. The van der Waals surface area contributed by atoms with Crippen molar-refractivity contribution in [2.45, 2.75) is 19.0 Å². The Labute approximate surface area is 208 Å². The van der Waals surface area contributed by atoms with Crippen LogP contribution in [0.15, 0.2) is 76.6 Å². The van der Waals surface area contributed by atoms with E-state index < -0.39 is 16.8 Å². The number of H-pyrrole nitrogens is 2. The predicted octanol–water partition coefficient (Wildman–Crippen LogP) is 5.17. The highest BCUT2D eigenvalue weighted by Gasteiger charge is 2.33. The van der Waals surface area contributed by atoms with Gasteiger partial charge in [-0.3, -0.25) is 14.6 Å². The third kappa shape index (κ3) is 6.54. The van der Waals surface area contributed by atoms with Crippen LogP contribution in [0, 0.1) is 0 Å². The number of halogens is 4. The Morgan fingerprint density at radius 1 is 0.972 bits per heavy atom. The molecule has 4 rings (SSSR count). The molecule has 11 heteroatoms. The average molecular weight is 517 g/mol. The van der Waals surface area contributed by atoms with Gasteiger partial charge in [-0.1, -0.05) is 23.7 Å². The lowest BCUT2D eigenvalue weighted by molar-refractivity contribution is -0.137. The third-order valence-electron chi connectivity index (χ3n) is 5.22. The number of nitrogens with zero attached hydrogens (tertiary/aromatic N) is 1. The number of anilines is 1. The lowest BCUT2D eigenvalue weighted by Crippen LogP contribution is -2.18. The largest absolute Gasteiger partial charge is 0.457 e. The van der Waals surface area contributed by atoms with E-state index in [0.717, 1.165) is 17.7 Å².